The van der Waals surface area contributed by atoms with Crippen LogP contribution in [0.1, 0.15) is 34.3 Å². The van der Waals surface area contributed by atoms with E-state index in [1.165, 1.54) is 16.6 Å². The Balaban J connectivity index is 1.72. The van der Waals surface area contributed by atoms with E-state index in [9.17, 15) is 4.79 Å². The molecular formula is C22H22N4OS. The van der Waals surface area contributed by atoms with Gasteiger partial charge in [-0.2, -0.15) is 9.78 Å². The summed E-state index contributed by atoms with van der Waals surface area (Å²) < 4.78 is 3.50. The highest BCUT2D eigenvalue weighted by atomic mass is 32.1. The van der Waals surface area contributed by atoms with Gasteiger partial charge in [0.15, 0.2) is 0 Å². The lowest BCUT2D eigenvalue weighted by Gasteiger charge is -2.09. The first-order chi connectivity index (χ1) is 13.5. The largest absolute Gasteiger partial charge is 0.318 e. The summed E-state index contributed by atoms with van der Waals surface area (Å²) in [6.45, 7) is 8.29. The second-order valence-electron chi connectivity index (χ2n) is 6.92. The Labute approximate surface area is 167 Å². The third kappa shape index (κ3) is 3.20. The Morgan fingerprint density at radius 1 is 1.14 bits per heavy atom. The number of fused-ring (bicyclic) bond motifs is 1. The van der Waals surface area contributed by atoms with E-state index < -0.39 is 0 Å². The SMILES string of the molecule is CCc1cc2c(=O)n(/N=C\c3cc(C)n(-c4ccc(C)cc4)c3C)cnc2s1. The summed E-state index contributed by atoms with van der Waals surface area (Å²) in [5.74, 6) is 0. The molecule has 0 bridgehead atoms. The molecule has 3 aromatic heterocycles. The number of thiophene rings is 1. The molecule has 28 heavy (non-hydrogen) atoms. The van der Waals surface area contributed by atoms with Gasteiger partial charge in [0.05, 0.1) is 11.6 Å². The minimum absolute atomic E-state index is 0.135. The zero-order chi connectivity index (χ0) is 19.8. The summed E-state index contributed by atoms with van der Waals surface area (Å²) >= 11 is 1.56. The molecule has 0 aliphatic rings. The van der Waals surface area contributed by atoms with Crippen molar-refractivity contribution >= 4 is 27.8 Å². The minimum atomic E-state index is -0.135. The summed E-state index contributed by atoms with van der Waals surface area (Å²) in [5.41, 5.74) is 5.39. The first-order valence-corrected chi connectivity index (χ1v) is 10.1. The Bertz CT molecular complexity index is 1240. The Morgan fingerprint density at radius 2 is 1.89 bits per heavy atom. The van der Waals surface area contributed by atoms with Crippen LogP contribution < -0.4 is 5.56 Å². The summed E-state index contributed by atoms with van der Waals surface area (Å²) in [4.78, 5) is 19.0. The molecule has 142 valence electrons. The molecule has 0 atom stereocenters. The van der Waals surface area contributed by atoms with Crippen LogP contribution in [0.25, 0.3) is 15.9 Å². The molecule has 0 amide bonds. The zero-order valence-electron chi connectivity index (χ0n) is 16.4. The van der Waals surface area contributed by atoms with Crippen LogP contribution in [0.2, 0.25) is 0 Å². The van der Waals surface area contributed by atoms with E-state index in [1.54, 1.807) is 17.6 Å². The molecule has 0 radical (unpaired) electrons. The van der Waals surface area contributed by atoms with Gasteiger partial charge in [0.2, 0.25) is 0 Å². The maximum absolute atomic E-state index is 12.7. The lowest BCUT2D eigenvalue weighted by atomic mass is 10.2. The molecule has 5 nitrogen and oxygen atoms in total. The van der Waals surface area contributed by atoms with E-state index in [4.69, 9.17) is 0 Å². The second-order valence-corrected chi connectivity index (χ2v) is 8.04. The van der Waals surface area contributed by atoms with Gasteiger partial charge in [-0.3, -0.25) is 4.79 Å². The van der Waals surface area contributed by atoms with E-state index in [0.717, 1.165) is 38.8 Å². The molecule has 0 spiro atoms. The lowest BCUT2D eigenvalue weighted by Crippen LogP contribution is -2.16. The first-order valence-electron chi connectivity index (χ1n) is 9.28. The third-order valence-electron chi connectivity index (χ3n) is 4.92. The van der Waals surface area contributed by atoms with Gasteiger partial charge >= 0.3 is 0 Å². The van der Waals surface area contributed by atoms with Crippen molar-refractivity contribution < 1.29 is 0 Å². The van der Waals surface area contributed by atoms with Gasteiger partial charge in [-0.05, 0) is 51.5 Å². The number of hydrogen-bond acceptors (Lipinski definition) is 4. The number of nitrogens with zero attached hydrogens (tertiary/aromatic N) is 4. The van der Waals surface area contributed by atoms with E-state index in [1.807, 2.05) is 6.07 Å². The number of aromatic nitrogens is 3. The van der Waals surface area contributed by atoms with Crippen molar-refractivity contribution in [3.63, 3.8) is 0 Å². The van der Waals surface area contributed by atoms with Gasteiger partial charge in [-0.25, -0.2) is 4.98 Å². The average molecular weight is 391 g/mol. The number of rotatable bonds is 4. The quantitative estimate of drug-likeness (QED) is 0.478. The molecule has 4 aromatic rings. The number of hydrogen-bond donors (Lipinski definition) is 0. The standard InChI is InChI=1S/C22H22N4OS/c1-5-19-11-20-21(28-19)23-13-25(22(20)27)24-12-17-10-15(3)26(16(17)4)18-8-6-14(2)7-9-18/h6-13H,5H2,1-4H3/b24-12-. The normalized spacial score (nSPS) is 11.7. The van der Waals surface area contributed by atoms with Crippen LogP contribution in [0.15, 0.2) is 52.6 Å². The number of aryl methyl sites for hydroxylation is 3. The lowest BCUT2D eigenvalue weighted by molar-refractivity contribution is 0.818. The second kappa shape index (κ2) is 7.20. The van der Waals surface area contributed by atoms with Gasteiger partial charge in [-0.1, -0.05) is 24.6 Å². The van der Waals surface area contributed by atoms with Crippen LogP contribution in [0.3, 0.4) is 0 Å². The minimum Gasteiger partial charge on any atom is -0.318 e. The molecule has 0 fully saturated rings. The van der Waals surface area contributed by atoms with Gasteiger partial charge in [0.25, 0.3) is 5.56 Å². The van der Waals surface area contributed by atoms with Gasteiger partial charge < -0.3 is 4.57 Å². The van der Waals surface area contributed by atoms with E-state index in [0.29, 0.717) is 5.39 Å². The van der Waals surface area contributed by atoms with E-state index in [2.05, 4.69) is 72.7 Å². The van der Waals surface area contributed by atoms with Crippen LogP contribution in [-0.4, -0.2) is 20.4 Å². The Kier molecular flexibility index (Phi) is 4.73. The number of benzene rings is 1. The van der Waals surface area contributed by atoms with Gasteiger partial charge in [0, 0.05) is 27.5 Å². The fraction of sp³-hybridized carbons (Fsp3) is 0.227. The van der Waals surface area contributed by atoms with Crippen molar-refractivity contribution in [2.75, 3.05) is 0 Å². The van der Waals surface area contributed by atoms with Crippen molar-refractivity contribution in [1.29, 1.82) is 0 Å². The van der Waals surface area contributed by atoms with Crippen LogP contribution in [0.4, 0.5) is 0 Å². The third-order valence-corrected chi connectivity index (χ3v) is 6.11. The molecule has 0 N–H and O–H groups in total. The molecule has 0 unspecified atom stereocenters. The predicted molar refractivity (Wildman–Crippen MR) is 116 cm³/mol. The van der Waals surface area contributed by atoms with Gasteiger partial charge in [0.1, 0.15) is 11.2 Å². The highest BCUT2D eigenvalue weighted by Crippen LogP contribution is 2.22. The predicted octanol–water partition coefficient (Wildman–Crippen LogP) is 4.62. The molecule has 3 heterocycles. The van der Waals surface area contributed by atoms with Crippen molar-refractivity contribution in [3.8, 4) is 5.69 Å². The molecule has 1 aromatic carbocycles. The summed E-state index contributed by atoms with van der Waals surface area (Å²) in [7, 11) is 0. The Hall–Kier alpha value is -2.99. The Morgan fingerprint density at radius 3 is 2.61 bits per heavy atom. The average Bonchev–Trinajstić information content (AvgIpc) is 3.23. The summed E-state index contributed by atoms with van der Waals surface area (Å²) in [5, 5.41) is 5.02. The fourth-order valence-corrected chi connectivity index (χ4v) is 4.28. The fourth-order valence-electron chi connectivity index (χ4n) is 3.35. The summed E-state index contributed by atoms with van der Waals surface area (Å²) in [6, 6.07) is 12.4. The van der Waals surface area contributed by atoms with Crippen LogP contribution in [0, 0.1) is 20.8 Å². The van der Waals surface area contributed by atoms with Crippen molar-refractivity contribution in [1.82, 2.24) is 14.2 Å². The van der Waals surface area contributed by atoms with Crippen LogP contribution in [-0.2, 0) is 6.42 Å². The molecular weight excluding hydrogens is 368 g/mol. The van der Waals surface area contributed by atoms with Crippen LogP contribution >= 0.6 is 11.3 Å². The van der Waals surface area contributed by atoms with Crippen molar-refractivity contribution in [2.24, 2.45) is 5.10 Å². The topological polar surface area (TPSA) is 52.2 Å². The van der Waals surface area contributed by atoms with Crippen molar-refractivity contribution in [3.05, 3.63) is 80.5 Å². The van der Waals surface area contributed by atoms with E-state index in [-0.39, 0.29) is 5.56 Å². The first kappa shape index (κ1) is 18.4. The van der Waals surface area contributed by atoms with E-state index >= 15 is 0 Å². The highest BCUT2D eigenvalue weighted by Gasteiger charge is 2.10. The molecule has 0 saturated carbocycles. The zero-order valence-corrected chi connectivity index (χ0v) is 17.2. The maximum Gasteiger partial charge on any atom is 0.282 e. The summed E-state index contributed by atoms with van der Waals surface area (Å²) in [6.07, 6.45) is 4.13. The molecule has 6 heteroatoms. The monoisotopic (exact) mass is 390 g/mol. The maximum atomic E-state index is 12.7. The highest BCUT2D eigenvalue weighted by molar-refractivity contribution is 7.18. The van der Waals surface area contributed by atoms with Crippen LogP contribution in [0.5, 0.6) is 0 Å². The smallest absolute Gasteiger partial charge is 0.282 e. The molecule has 0 saturated heterocycles. The molecule has 0 aliphatic heterocycles. The molecule has 4 rings (SSSR count). The van der Waals surface area contributed by atoms with Crippen molar-refractivity contribution in [2.45, 2.75) is 34.1 Å². The molecule has 0 aliphatic carbocycles. The van der Waals surface area contributed by atoms with Gasteiger partial charge in [-0.15, -0.1) is 11.3 Å².